The van der Waals surface area contributed by atoms with Crippen molar-refractivity contribution in [2.75, 3.05) is 39.9 Å². The van der Waals surface area contributed by atoms with Gasteiger partial charge in [-0.3, -0.25) is 4.79 Å². The molecule has 1 amide bonds. The molecule has 0 saturated heterocycles. The Kier molecular flexibility index (Phi) is 8.17. The van der Waals surface area contributed by atoms with Crippen molar-refractivity contribution in [2.24, 2.45) is 5.41 Å². The van der Waals surface area contributed by atoms with E-state index in [0.717, 1.165) is 32.7 Å². The molecule has 102 valence electrons. The van der Waals surface area contributed by atoms with Gasteiger partial charge in [0.05, 0.1) is 6.54 Å². The van der Waals surface area contributed by atoms with Crippen molar-refractivity contribution >= 4 is 5.91 Å². The molecule has 0 heterocycles. The zero-order valence-corrected chi connectivity index (χ0v) is 12.0. The van der Waals surface area contributed by atoms with Gasteiger partial charge in [0.1, 0.15) is 0 Å². The average Bonchev–Trinajstić information content (AvgIpc) is 2.28. The van der Waals surface area contributed by atoms with E-state index in [1.54, 1.807) is 7.11 Å². The van der Waals surface area contributed by atoms with E-state index in [2.05, 4.69) is 19.2 Å². The molecule has 0 spiro atoms. The molecule has 0 aromatic heterocycles. The van der Waals surface area contributed by atoms with E-state index in [1.165, 1.54) is 0 Å². The van der Waals surface area contributed by atoms with E-state index in [0.29, 0.717) is 6.54 Å². The van der Waals surface area contributed by atoms with Crippen molar-refractivity contribution in [3.05, 3.63) is 0 Å². The smallest absolute Gasteiger partial charge is 0.236 e. The van der Waals surface area contributed by atoms with Gasteiger partial charge >= 0.3 is 0 Å². The predicted octanol–water partition coefficient (Wildman–Crippen LogP) is 1.51. The van der Waals surface area contributed by atoms with Gasteiger partial charge in [-0.05, 0) is 25.7 Å². The minimum absolute atomic E-state index is 0.166. The highest BCUT2D eigenvalue weighted by atomic mass is 16.5. The molecule has 0 aromatic rings. The first-order valence-corrected chi connectivity index (χ1v) is 6.44. The van der Waals surface area contributed by atoms with Gasteiger partial charge in [0.15, 0.2) is 0 Å². The number of methoxy groups -OCH3 is 1. The molecule has 0 rings (SSSR count). The second-order valence-electron chi connectivity index (χ2n) is 5.08. The summed E-state index contributed by atoms with van der Waals surface area (Å²) in [7, 11) is 1.72. The molecule has 0 aliphatic carbocycles. The highest BCUT2D eigenvalue weighted by molar-refractivity contribution is 5.78. The van der Waals surface area contributed by atoms with E-state index < -0.39 is 0 Å². The molecule has 0 aromatic carbocycles. The van der Waals surface area contributed by atoms with Crippen molar-refractivity contribution < 1.29 is 9.53 Å². The highest BCUT2D eigenvalue weighted by Gasteiger charge is 2.18. The van der Waals surface area contributed by atoms with Gasteiger partial charge in [0.2, 0.25) is 5.91 Å². The third kappa shape index (κ3) is 7.34. The number of carbonyl (C=O) groups is 1. The maximum Gasteiger partial charge on any atom is 0.236 e. The number of nitrogens with zero attached hydrogens (tertiary/aromatic N) is 1. The van der Waals surface area contributed by atoms with E-state index in [9.17, 15) is 4.79 Å². The number of ether oxygens (including phenoxy) is 1. The third-order valence-corrected chi connectivity index (χ3v) is 2.98. The SMILES string of the molecule is CCN(CC)C(=O)CNCC(C)(C)CCOC. The van der Waals surface area contributed by atoms with Gasteiger partial charge in [-0.1, -0.05) is 13.8 Å². The third-order valence-electron chi connectivity index (χ3n) is 2.98. The van der Waals surface area contributed by atoms with E-state index in [1.807, 2.05) is 18.7 Å². The Hall–Kier alpha value is -0.610. The van der Waals surface area contributed by atoms with Crippen molar-refractivity contribution in [1.29, 1.82) is 0 Å². The molecule has 0 saturated carbocycles. The zero-order chi connectivity index (χ0) is 13.3. The summed E-state index contributed by atoms with van der Waals surface area (Å²) in [6, 6.07) is 0. The summed E-state index contributed by atoms with van der Waals surface area (Å²) < 4.78 is 5.08. The molecule has 0 bridgehead atoms. The van der Waals surface area contributed by atoms with Crippen LogP contribution in [0.5, 0.6) is 0 Å². The van der Waals surface area contributed by atoms with Crippen molar-refractivity contribution in [1.82, 2.24) is 10.2 Å². The molecule has 0 fully saturated rings. The molecule has 0 aliphatic heterocycles. The summed E-state index contributed by atoms with van der Waals surface area (Å²) in [6.45, 7) is 12.0. The lowest BCUT2D eigenvalue weighted by atomic mass is 9.90. The van der Waals surface area contributed by atoms with Crippen LogP contribution in [0.25, 0.3) is 0 Å². The Morgan fingerprint density at radius 3 is 2.35 bits per heavy atom. The summed E-state index contributed by atoms with van der Waals surface area (Å²) in [6.07, 6.45) is 0.996. The Bertz CT molecular complexity index is 213. The van der Waals surface area contributed by atoms with Crippen LogP contribution in [0.15, 0.2) is 0 Å². The van der Waals surface area contributed by atoms with Crippen molar-refractivity contribution in [3.8, 4) is 0 Å². The molecule has 1 N–H and O–H groups in total. The Balaban J connectivity index is 3.85. The lowest BCUT2D eigenvalue weighted by Crippen LogP contribution is -2.41. The van der Waals surface area contributed by atoms with Gasteiger partial charge in [-0.25, -0.2) is 0 Å². The topological polar surface area (TPSA) is 41.6 Å². The zero-order valence-electron chi connectivity index (χ0n) is 12.0. The van der Waals surface area contributed by atoms with E-state index >= 15 is 0 Å². The molecule has 0 aliphatic rings. The number of nitrogens with one attached hydrogen (secondary N) is 1. The maximum atomic E-state index is 11.7. The first-order chi connectivity index (χ1) is 7.96. The summed E-state index contributed by atoms with van der Waals surface area (Å²) in [5, 5.41) is 3.24. The number of likely N-dealkylation sites (N-methyl/N-ethyl adjacent to an activating group) is 1. The van der Waals surface area contributed by atoms with E-state index in [4.69, 9.17) is 4.74 Å². The van der Waals surface area contributed by atoms with Gasteiger partial charge in [-0.2, -0.15) is 0 Å². The summed E-state index contributed by atoms with van der Waals surface area (Å²) in [5.74, 6) is 0.178. The van der Waals surface area contributed by atoms with Crippen LogP contribution in [0.4, 0.5) is 0 Å². The second kappa shape index (κ2) is 8.48. The fourth-order valence-corrected chi connectivity index (χ4v) is 1.66. The summed E-state index contributed by atoms with van der Waals surface area (Å²) in [5.41, 5.74) is 0.166. The average molecular weight is 244 g/mol. The summed E-state index contributed by atoms with van der Waals surface area (Å²) >= 11 is 0. The lowest BCUT2D eigenvalue weighted by Gasteiger charge is -2.25. The predicted molar refractivity (Wildman–Crippen MR) is 71.1 cm³/mol. The van der Waals surface area contributed by atoms with Crippen LogP contribution < -0.4 is 5.32 Å². The second-order valence-corrected chi connectivity index (χ2v) is 5.08. The van der Waals surface area contributed by atoms with E-state index in [-0.39, 0.29) is 11.3 Å². The van der Waals surface area contributed by atoms with Crippen LogP contribution in [0.3, 0.4) is 0 Å². The monoisotopic (exact) mass is 244 g/mol. The fourth-order valence-electron chi connectivity index (χ4n) is 1.66. The van der Waals surface area contributed by atoms with Crippen LogP contribution >= 0.6 is 0 Å². The minimum atomic E-state index is 0.166. The Morgan fingerprint density at radius 1 is 1.29 bits per heavy atom. The first-order valence-electron chi connectivity index (χ1n) is 6.44. The number of hydrogen-bond acceptors (Lipinski definition) is 3. The van der Waals surface area contributed by atoms with Gasteiger partial charge < -0.3 is 15.0 Å². The largest absolute Gasteiger partial charge is 0.385 e. The maximum absolute atomic E-state index is 11.7. The quantitative estimate of drug-likeness (QED) is 0.668. The fraction of sp³-hybridized carbons (Fsp3) is 0.923. The number of amides is 1. The van der Waals surface area contributed by atoms with Gasteiger partial charge in [0, 0.05) is 33.4 Å². The minimum Gasteiger partial charge on any atom is -0.385 e. The van der Waals surface area contributed by atoms with Gasteiger partial charge in [0.25, 0.3) is 0 Å². The van der Waals surface area contributed by atoms with Crippen LogP contribution in [-0.4, -0.2) is 50.7 Å². The Morgan fingerprint density at radius 2 is 1.88 bits per heavy atom. The number of hydrogen-bond donors (Lipinski definition) is 1. The number of rotatable bonds is 9. The van der Waals surface area contributed by atoms with Crippen LogP contribution in [0, 0.1) is 5.41 Å². The normalized spacial score (nSPS) is 11.6. The molecule has 4 heteroatoms. The molecule has 4 nitrogen and oxygen atoms in total. The van der Waals surface area contributed by atoms with Crippen LogP contribution in [0.2, 0.25) is 0 Å². The summed E-state index contributed by atoms with van der Waals surface area (Å²) in [4.78, 5) is 13.6. The molecule has 0 atom stereocenters. The van der Waals surface area contributed by atoms with Crippen LogP contribution in [-0.2, 0) is 9.53 Å². The molecular formula is C13H28N2O2. The molecular weight excluding hydrogens is 216 g/mol. The van der Waals surface area contributed by atoms with Crippen LogP contribution in [0.1, 0.15) is 34.1 Å². The van der Waals surface area contributed by atoms with Gasteiger partial charge in [-0.15, -0.1) is 0 Å². The highest BCUT2D eigenvalue weighted by Crippen LogP contribution is 2.18. The molecule has 17 heavy (non-hydrogen) atoms. The molecule has 0 radical (unpaired) electrons. The lowest BCUT2D eigenvalue weighted by molar-refractivity contribution is -0.129. The standard InChI is InChI=1S/C13H28N2O2/c1-6-15(7-2)12(16)10-14-11-13(3,4)8-9-17-5/h14H,6-11H2,1-5H3. The Labute approximate surface area is 106 Å². The first kappa shape index (κ1) is 16.4. The van der Waals surface area contributed by atoms with Crippen molar-refractivity contribution in [2.45, 2.75) is 34.1 Å². The molecule has 0 unspecified atom stereocenters. The number of carbonyl (C=O) groups excluding carboxylic acids is 1. The van der Waals surface area contributed by atoms with Crippen molar-refractivity contribution in [3.63, 3.8) is 0 Å².